The summed E-state index contributed by atoms with van der Waals surface area (Å²) in [5.41, 5.74) is 0.618. The maximum absolute atomic E-state index is 13.5. The molecule has 0 radical (unpaired) electrons. The topological polar surface area (TPSA) is 78.9 Å². The standard InChI is InChI=1S/C21H20F2N2O4/c1-3-4-9-25(17-5-7-18(29-2)8-6-17)20(26)19(24-21(27)28)12-14-10-15(22)13-16(23)11-14/h5-8,10-11,13,19,24H,9,12H2,1-2H3,(H,27,28). The molecule has 2 amide bonds. The fourth-order valence-corrected chi connectivity index (χ4v) is 2.72. The fraction of sp³-hybridized carbons (Fsp3) is 0.238. The lowest BCUT2D eigenvalue weighted by atomic mass is 10.0. The lowest BCUT2D eigenvalue weighted by Crippen LogP contribution is -2.49. The van der Waals surface area contributed by atoms with Crippen LogP contribution in [0.25, 0.3) is 0 Å². The summed E-state index contributed by atoms with van der Waals surface area (Å²) in [5.74, 6) is 3.81. The van der Waals surface area contributed by atoms with Gasteiger partial charge in [0.1, 0.15) is 23.4 Å². The van der Waals surface area contributed by atoms with Gasteiger partial charge in [-0.15, -0.1) is 5.92 Å². The van der Waals surface area contributed by atoms with Crippen LogP contribution in [0.15, 0.2) is 42.5 Å². The number of methoxy groups -OCH3 is 1. The Morgan fingerprint density at radius 2 is 1.79 bits per heavy atom. The Morgan fingerprint density at radius 1 is 1.17 bits per heavy atom. The first-order valence-corrected chi connectivity index (χ1v) is 8.63. The smallest absolute Gasteiger partial charge is 0.405 e. The summed E-state index contributed by atoms with van der Waals surface area (Å²) in [5, 5.41) is 11.3. The third-order valence-electron chi connectivity index (χ3n) is 4.02. The van der Waals surface area contributed by atoms with Gasteiger partial charge in [-0.1, -0.05) is 5.92 Å². The highest BCUT2D eigenvalue weighted by Crippen LogP contribution is 2.21. The van der Waals surface area contributed by atoms with Crippen molar-refractivity contribution in [1.82, 2.24) is 5.32 Å². The van der Waals surface area contributed by atoms with E-state index in [0.29, 0.717) is 17.5 Å². The van der Waals surface area contributed by atoms with E-state index in [1.54, 1.807) is 31.2 Å². The number of carbonyl (C=O) groups excluding carboxylic acids is 1. The molecule has 0 spiro atoms. The highest BCUT2D eigenvalue weighted by Gasteiger charge is 2.27. The van der Waals surface area contributed by atoms with E-state index in [0.717, 1.165) is 12.1 Å². The van der Waals surface area contributed by atoms with Crippen molar-refractivity contribution in [2.45, 2.75) is 19.4 Å². The minimum absolute atomic E-state index is 0.0109. The highest BCUT2D eigenvalue weighted by atomic mass is 19.1. The molecular formula is C21H20F2N2O4. The number of hydrogen-bond acceptors (Lipinski definition) is 3. The molecule has 152 valence electrons. The summed E-state index contributed by atoms with van der Waals surface area (Å²) in [6, 6.07) is 8.10. The first kappa shape index (κ1) is 21.7. The van der Waals surface area contributed by atoms with Crippen LogP contribution in [0, 0.1) is 23.5 Å². The van der Waals surface area contributed by atoms with E-state index in [4.69, 9.17) is 9.84 Å². The van der Waals surface area contributed by atoms with Crippen molar-refractivity contribution in [3.63, 3.8) is 0 Å². The van der Waals surface area contributed by atoms with Crippen LogP contribution in [0.2, 0.25) is 0 Å². The van der Waals surface area contributed by atoms with Crippen molar-refractivity contribution in [2.75, 3.05) is 18.6 Å². The summed E-state index contributed by atoms with van der Waals surface area (Å²) in [6.07, 6.45) is -1.66. The molecule has 0 aliphatic carbocycles. The van der Waals surface area contributed by atoms with E-state index < -0.39 is 29.7 Å². The second kappa shape index (κ2) is 10.1. The Morgan fingerprint density at radius 3 is 2.31 bits per heavy atom. The quantitative estimate of drug-likeness (QED) is 0.697. The van der Waals surface area contributed by atoms with Gasteiger partial charge in [0.15, 0.2) is 0 Å². The Labute approximate surface area is 167 Å². The second-order valence-electron chi connectivity index (χ2n) is 6.03. The Bertz CT molecular complexity index is 916. The molecule has 0 aliphatic rings. The van der Waals surface area contributed by atoms with Crippen molar-refractivity contribution >= 4 is 17.7 Å². The average Bonchev–Trinajstić information content (AvgIpc) is 2.67. The van der Waals surface area contributed by atoms with Gasteiger partial charge in [-0.3, -0.25) is 9.69 Å². The number of ether oxygens (including phenoxy) is 1. The molecule has 0 bridgehead atoms. The van der Waals surface area contributed by atoms with E-state index in [1.165, 1.54) is 12.0 Å². The van der Waals surface area contributed by atoms with Crippen molar-refractivity contribution in [3.05, 3.63) is 59.7 Å². The molecule has 8 heteroatoms. The monoisotopic (exact) mass is 402 g/mol. The number of nitrogens with zero attached hydrogens (tertiary/aromatic N) is 1. The van der Waals surface area contributed by atoms with Gasteiger partial charge < -0.3 is 15.2 Å². The molecule has 0 saturated carbocycles. The number of nitrogens with one attached hydrogen (secondary N) is 1. The van der Waals surface area contributed by atoms with Gasteiger partial charge in [0.2, 0.25) is 0 Å². The maximum atomic E-state index is 13.5. The minimum Gasteiger partial charge on any atom is -0.497 e. The lowest BCUT2D eigenvalue weighted by Gasteiger charge is -2.26. The average molecular weight is 402 g/mol. The van der Waals surface area contributed by atoms with Crippen LogP contribution in [0.3, 0.4) is 0 Å². The summed E-state index contributed by atoms with van der Waals surface area (Å²) < 4.78 is 32.1. The zero-order valence-electron chi connectivity index (χ0n) is 15.9. The van der Waals surface area contributed by atoms with E-state index >= 15 is 0 Å². The molecular weight excluding hydrogens is 382 g/mol. The van der Waals surface area contributed by atoms with Crippen molar-refractivity contribution in [1.29, 1.82) is 0 Å². The maximum Gasteiger partial charge on any atom is 0.405 e. The van der Waals surface area contributed by atoms with Gasteiger partial charge in [-0.25, -0.2) is 13.6 Å². The first-order valence-electron chi connectivity index (χ1n) is 8.63. The van der Waals surface area contributed by atoms with E-state index in [9.17, 15) is 18.4 Å². The van der Waals surface area contributed by atoms with Gasteiger partial charge in [0.05, 0.1) is 13.7 Å². The summed E-state index contributed by atoms with van der Waals surface area (Å²) in [6.45, 7) is 1.62. The van der Waals surface area contributed by atoms with Crippen LogP contribution >= 0.6 is 0 Å². The number of hydrogen-bond donors (Lipinski definition) is 2. The Kier molecular flexibility index (Phi) is 7.54. The summed E-state index contributed by atoms with van der Waals surface area (Å²) in [7, 11) is 1.51. The van der Waals surface area contributed by atoms with Gasteiger partial charge in [-0.05, 0) is 48.9 Å². The van der Waals surface area contributed by atoms with Crippen LogP contribution < -0.4 is 15.0 Å². The molecule has 2 rings (SSSR count). The highest BCUT2D eigenvalue weighted by molar-refractivity contribution is 5.99. The van der Waals surface area contributed by atoms with Crippen LogP contribution in [0.1, 0.15) is 12.5 Å². The molecule has 1 unspecified atom stereocenters. The molecule has 29 heavy (non-hydrogen) atoms. The predicted octanol–water partition coefficient (Wildman–Crippen LogP) is 3.21. The number of anilines is 1. The minimum atomic E-state index is -1.43. The van der Waals surface area contributed by atoms with Crippen LogP contribution in [0.5, 0.6) is 5.75 Å². The Balaban J connectivity index is 2.36. The van der Waals surface area contributed by atoms with Crippen LogP contribution in [-0.2, 0) is 11.2 Å². The zero-order chi connectivity index (χ0) is 21.4. The van der Waals surface area contributed by atoms with Gasteiger partial charge in [0, 0.05) is 18.2 Å². The molecule has 0 saturated heterocycles. The van der Waals surface area contributed by atoms with Crippen molar-refractivity contribution < 1.29 is 28.2 Å². The van der Waals surface area contributed by atoms with Gasteiger partial charge in [-0.2, -0.15) is 0 Å². The number of halogens is 2. The molecule has 2 N–H and O–H groups in total. The van der Waals surface area contributed by atoms with E-state index in [2.05, 4.69) is 17.2 Å². The second-order valence-corrected chi connectivity index (χ2v) is 6.03. The normalized spacial score (nSPS) is 11.0. The van der Waals surface area contributed by atoms with Crippen LogP contribution in [0.4, 0.5) is 19.3 Å². The number of rotatable bonds is 7. The summed E-state index contributed by atoms with van der Waals surface area (Å²) in [4.78, 5) is 25.6. The summed E-state index contributed by atoms with van der Waals surface area (Å²) >= 11 is 0. The molecule has 2 aromatic rings. The number of carboxylic acid groups (broad SMARTS) is 1. The lowest BCUT2D eigenvalue weighted by molar-refractivity contribution is -0.120. The Hall–Kier alpha value is -3.60. The van der Waals surface area contributed by atoms with Gasteiger partial charge >= 0.3 is 6.09 Å². The molecule has 2 aromatic carbocycles. The fourth-order valence-electron chi connectivity index (χ4n) is 2.72. The van der Waals surface area contributed by atoms with Gasteiger partial charge in [0.25, 0.3) is 5.91 Å². The van der Waals surface area contributed by atoms with E-state index in [1.807, 2.05) is 0 Å². The zero-order valence-corrected chi connectivity index (χ0v) is 15.9. The number of amides is 2. The third-order valence-corrected chi connectivity index (χ3v) is 4.02. The molecule has 1 atom stereocenters. The molecule has 6 nitrogen and oxygen atoms in total. The third kappa shape index (κ3) is 6.21. The molecule has 0 aliphatic heterocycles. The van der Waals surface area contributed by atoms with Crippen molar-refractivity contribution in [2.24, 2.45) is 0 Å². The first-order chi connectivity index (χ1) is 13.8. The largest absolute Gasteiger partial charge is 0.497 e. The molecule has 0 fully saturated rings. The molecule has 0 heterocycles. The number of carbonyl (C=O) groups is 2. The SMILES string of the molecule is CC#CCN(C(=O)C(Cc1cc(F)cc(F)c1)NC(=O)O)c1ccc(OC)cc1. The predicted molar refractivity (Wildman–Crippen MR) is 104 cm³/mol. The van der Waals surface area contributed by atoms with Crippen LogP contribution in [-0.4, -0.2) is 36.8 Å². The molecule has 0 aromatic heterocycles. The van der Waals surface area contributed by atoms with E-state index in [-0.39, 0.29) is 18.5 Å². The number of benzene rings is 2. The van der Waals surface area contributed by atoms with Crippen molar-refractivity contribution in [3.8, 4) is 17.6 Å².